The molecule has 0 unspecified atom stereocenters. The average molecular weight is 432 g/mol. The fourth-order valence-electron chi connectivity index (χ4n) is 3.84. The lowest BCUT2D eigenvalue weighted by atomic mass is 9.75. The third-order valence-corrected chi connectivity index (χ3v) is 5.88. The number of nitrogens with zero attached hydrogens (tertiary/aromatic N) is 4. The number of carbonyl (C=O) groups excluding carboxylic acids is 1. The molecule has 154 valence electrons. The standard InChI is InChI=1S/C20H15F3N4O2S/c21-20(22,23)15-8-14(10-25-16(15)9-24)26-17(29)19(6-1-7-19)27(18(26)30)13-4-2-12(11-28)3-5-13/h2-5,8,10,28H,1,6-7,11H2. The van der Waals surface area contributed by atoms with Crippen LogP contribution in [0.5, 0.6) is 0 Å². The molecule has 1 aliphatic heterocycles. The number of hydrogen-bond donors (Lipinski definition) is 1. The van der Waals surface area contributed by atoms with E-state index >= 15 is 0 Å². The quantitative estimate of drug-likeness (QED) is 0.748. The summed E-state index contributed by atoms with van der Waals surface area (Å²) in [5.74, 6) is -0.412. The molecule has 6 nitrogen and oxygen atoms in total. The number of pyridine rings is 1. The van der Waals surface area contributed by atoms with Crippen LogP contribution in [0.3, 0.4) is 0 Å². The maximum Gasteiger partial charge on any atom is 0.419 e. The number of aliphatic hydroxyl groups excluding tert-OH is 1. The van der Waals surface area contributed by atoms with Crippen LogP contribution in [0, 0.1) is 11.3 Å². The van der Waals surface area contributed by atoms with Crippen LogP contribution in [0.25, 0.3) is 0 Å². The number of halogens is 3. The molecule has 1 amide bonds. The van der Waals surface area contributed by atoms with Crippen LogP contribution in [-0.4, -0.2) is 26.6 Å². The van der Waals surface area contributed by atoms with Crippen molar-refractivity contribution in [3.63, 3.8) is 0 Å². The van der Waals surface area contributed by atoms with Crippen molar-refractivity contribution in [3.8, 4) is 6.07 Å². The van der Waals surface area contributed by atoms with Gasteiger partial charge in [0.05, 0.1) is 24.1 Å². The number of nitriles is 1. The molecule has 2 heterocycles. The summed E-state index contributed by atoms with van der Waals surface area (Å²) in [6.07, 6.45) is -1.93. The molecule has 1 aromatic carbocycles. The summed E-state index contributed by atoms with van der Waals surface area (Å²) in [6, 6.07) is 8.99. The van der Waals surface area contributed by atoms with Crippen LogP contribution in [0.1, 0.15) is 36.1 Å². The molecule has 0 bridgehead atoms. The van der Waals surface area contributed by atoms with Crippen LogP contribution < -0.4 is 9.80 Å². The number of alkyl halides is 3. The van der Waals surface area contributed by atoms with Gasteiger partial charge in [-0.05, 0) is 55.2 Å². The minimum absolute atomic E-state index is 0.0519. The van der Waals surface area contributed by atoms with Crippen LogP contribution in [0.2, 0.25) is 0 Å². The van der Waals surface area contributed by atoms with Gasteiger partial charge in [-0.2, -0.15) is 18.4 Å². The zero-order chi connectivity index (χ0) is 21.7. The highest BCUT2D eigenvalue weighted by Gasteiger charge is 2.59. The predicted octanol–water partition coefficient (Wildman–Crippen LogP) is 3.53. The van der Waals surface area contributed by atoms with Gasteiger partial charge in [0.25, 0.3) is 5.91 Å². The minimum Gasteiger partial charge on any atom is -0.392 e. The Hall–Kier alpha value is -3.03. The molecule has 10 heteroatoms. The Morgan fingerprint density at radius 3 is 2.40 bits per heavy atom. The molecule has 2 aromatic rings. The van der Waals surface area contributed by atoms with Gasteiger partial charge in [-0.15, -0.1) is 0 Å². The normalized spacial score (nSPS) is 18.0. The van der Waals surface area contributed by atoms with E-state index in [-0.39, 0.29) is 17.4 Å². The molecule has 2 aliphatic rings. The summed E-state index contributed by atoms with van der Waals surface area (Å²) in [7, 11) is 0. The Kier molecular flexibility index (Phi) is 4.75. The van der Waals surface area contributed by atoms with E-state index in [1.807, 2.05) is 0 Å². The first-order valence-electron chi connectivity index (χ1n) is 9.09. The van der Waals surface area contributed by atoms with Gasteiger partial charge < -0.3 is 10.0 Å². The van der Waals surface area contributed by atoms with Crippen LogP contribution in [0.4, 0.5) is 24.5 Å². The summed E-state index contributed by atoms with van der Waals surface area (Å²) >= 11 is 5.52. The molecule has 1 saturated heterocycles. The monoisotopic (exact) mass is 432 g/mol. The Labute approximate surface area is 175 Å². The largest absolute Gasteiger partial charge is 0.419 e. The third kappa shape index (κ3) is 2.93. The summed E-state index contributed by atoms with van der Waals surface area (Å²) in [5.41, 5.74) is -1.77. The van der Waals surface area contributed by atoms with Crippen molar-refractivity contribution in [2.75, 3.05) is 9.80 Å². The Bertz CT molecular complexity index is 1070. The average Bonchev–Trinajstić information content (AvgIpc) is 2.93. The second-order valence-electron chi connectivity index (χ2n) is 7.17. The highest BCUT2D eigenvalue weighted by atomic mass is 32.1. The first-order valence-corrected chi connectivity index (χ1v) is 9.49. The van der Waals surface area contributed by atoms with Gasteiger partial charge in [0.2, 0.25) is 0 Å². The second kappa shape index (κ2) is 7.04. The zero-order valence-corrected chi connectivity index (χ0v) is 16.3. The van der Waals surface area contributed by atoms with E-state index < -0.39 is 28.9 Å². The van der Waals surface area contributed by atoms with Gasteiger partial charge in [0, 0.05) is 5.69 Å². The molecule has 1 N–H and O–H groups in total. The van der Waals surface area contributed by atoms with E-state index in [9.17, 15) is 23.1 Å². The summed E-state index contributed by atoms with van der Waals surface area (Å²) in [6.45, 7) is -0.141. The fourth-order valence-corrected chi connectivity index (χ4v) is 4.31. The second-order valence-corrected chi connectivity index (χ2v) is 7.53. The number of thiocarbonyl (C=S) groups is 1. The molecule has 1 aromatic heterocycles. The Balaban J connectivity index is 1.80. The molecule has 1 aliphatic carbocycles. The highest BCUT2D eigenvalue weighted by Crippen LogP contribution is 2.48. The molecule has 2 fully saturated rings. The Morgan fingerprint density at radius 2 is 1.90 bits per heavy atom. The maximum absolute atomic E-state index is 13.4. The number of benzene rings is 1. The van der Waals surface area contributed by atoms with E-state index in [0.29, 0.717) is 24.1 Å². The van der Waals surface area contributed by atoms with Gasteiger partial charge in [-0.3, -0.25) is 9.69 Å². The predicted molar refractivity (Wildman–Crippen MR) is 105 cm³/mol. The van der Waals surface area contributed by atoms with Crippen molar-refractivity contribution in [1.82, 2.24) is 4.98 Å². The van der Waals surface area contributed by atoms with E-state index in [0.717, 1.165) is 23.6 Å². The van der Waals surface area contributed by atoms with Crippen molar-refractivity contribution >= 4 is 34.6 Å². The number of carbonyl (C=O) groups is 1. The molecule has 0 radical (unpaired) electrons. The topological polar surface area (TPSA) is 80.5 Å². The summed E-state index contributed by atoms with van der Waals surface area (Å²) in [4.78, 5) is 19.7. The Morgan fingerprint density at radius 1 is 1.23 bits per heavy atom. The van der Waals surface area contributed by atoms with Gasteiger partial charge in [-0.25, -0.2) is 4.98 Å². The molecule has 1 saturated carbocycles. The van der Waals surface area contributed by atoms with Gasteiger partial charge >= 0.3 is 6.18 Å². The summed E-state index contributed by atoms with van der Waals surface area (Å²) < 4.78 is 40.1. The lowest BCUT2D eigenvalue weighted by Crippen LogP contribution is -2.55. The maximum atomic E-state index is 13.4. The minimum atomic E-state index is -4.80. The molecule has 0 atom stereocenters. The number of hydrogen-bond acceptors (Lipinski definition) is 5. The van der Waals surface area contributed by atoms with Gasteiger partial charge in [0.1, 0.15) is 11.6 Å². The van der Waals surface area contributed by atoms with E-state index in [1.54, 1.807) is 29.2 Å². The molecular weight excluding hydrogens is 417 g/mol. The number of aromatic nitrogens is 1. The zero-order valence-electron chi connectivity index (χ0n) is 15.5. The summed E-state index contributed by atoms with van der Waals surface area (Å²) in [5, 5.41) is 18.3. The first-order chi connectivity index (χ1) is 14.2. The van der Waals surface area contributed by atoms with Crippen LogP contribution in [0.15, 0.2) is 36.5 Å². The van der Waals surface area contributed by atoms with Crippen molar-refractivity contribution in [1.29, 1.82) is 5.26 Å². The lowest BCUT2D eigenvalue weighted by molar-refractivity contribution is -0.138. The number of amides is 1. The number of rotatable bonds is 3. The number of anilines is 2. The van der Waals surface area contributed by atoms with Crippen LogP contribution >= 0.6 is 12.2 Å². The van der Waals surface area contributed by atoms with Crippen molar-refractivity contribution in [3.05, 3.63) is 53.3 Å². The molecule has 30 heavy (non-hydrogen) atoms. The molecule has 4 rings (SSSR count). The van der Waals surface area contributed by atoms with Crippen LogP contribution in [-0.2, 0) is 17.6 Å². The molecule has 1 spiro atoms. The van der Waals surface area contributed by atoms with Gasteiger partial charge in [-0.1, -0.05) is 12.1 Å². The highest BCUT2D eigenvalue weighted by molar-refractivity contribution is 7.81. The van der Waals surface area contributed by atoms with Crippen molar-refractivity contribution in [2.45, 2.75) is 37.6 Å². The molecular formula is C20H15F3N4O2S. The van der Waals surface area contributed by atoms with Crippen molar-refractivity contribution in [2.24, 2.45) is 0 Å². The smallest absolute Gasteiger partial charge is 0.392 e. The first kappa shape index (κ1) is 20.3. The number of aliphatic hydroxyl groups is 1. The SMILES string of the molecule is N#Cc1ncc(N2C(=O)C3(CCC3)N(c3ccc(CO)cc3)C2=S)cc1C(F)(F)F. The lowest BCUT2D eigenvalue weighted by Gasteiger charge is -2.43. The van der Waals surface area contributed by atoms with E-state index in [2.05, 4.69) is 4.98 Å². The van der Waals surface area contributed by atoms with E-state index in [4.69, 9.17) is 17.5 Å². The fraction of sp³-hybridized carbons (Fsp3) is 0.300. The third-order valence-electron chi connectivity index (χ3n) is 5.51. The van der Waals surface area contributed by atoms with Gasteiger partial charge in [0.15, 0.2) is 10.8 Å². The van der Waals surface area contributed by atoms with E-state index in [1.165, 1.54) is 6.07 Å². The van der Waals surface area contributed by atoms with Crippen molar-refractivity contribution < 1.29 is 23.1 Å².